The third-order valence-corrected chi connectivity index (χ3v) is 3.08. The molecule has 0 saturated carbocycles. The van der Waals surface area contributed by atoms with Crippen LogP contribution in [-0.4, -0.2) is 48.0 Å². The largest absolute Gasteiger partial charge is 0.480 e. The molecule has 9 heteroatoms. The van der Waals surface area contributed by atoms with E-state index < -0.39 is 23.8 Å². The van der Waals surface area contributed by atoms with Gasteiger partial charge in [-0.2, -0.15) is 0 Å². The van der Waals surface area contributed by atoms with E-state index in [4.69, 9.17) is 16.4 Å². The van der Waals surface area contributed by atoms with Crippen LogP contribution in [-0.2, 0) is 24.0 Å². The van der Waals surface area contributed by atoms with E-state index in [1.165, 1.54) is 0 Å². The Hall–Kier alpha value is -2.60. The first kappa shape index (κ1) is 22.4. The summed E-state index contributed by atoms with van der Waals surface area (Å²) < 4.78 is 0. The van der Waals surface area contributed by atoms with E-state index in [0.29, 0.717) is 19.4 Å². The predicted octanol–water partition coefficient (Wildman–Crippen LogP) is -0.286. The molecule has 0 aliphatic carbocycles. The zero-order valence-corrected chi connectivity index (χ0v) is 14.3. The van der Waals surface area contributed by atoms with Gasteiger partial charge in [0.1, 0.15) is 6.04 Å². The smallest absolute Gasteiger partial charge is 0.326 e. The molecule has 4 N–H and O–H groups in total. The molecule has 0 bridgehead atoms. The van der Waals surface area contributed by atoms with E-state index in [1.54, 1.807) is 6.92 Å². The third kappa shape index (κ3) is 12.5. The minimum absolute atomic E-state index is 0.122. The monoisotopic (exact) mass is 355 g/mol. The van der Waals surface area contributed by atoms with Gasteiger partial charge in [0, 0.05) is 25.8 Å². The molecule has 9 nitrogen and oxygen atoms in total. The topological polar surface area (TPSA) is 134 Å². The number of rotatable bonds is 13. The van der Waals surface area contributed by atoms with Gasteiger partial charge >= 0.3 is 5.97 Å². The van der Waals surface area contributed by atoms with Crippen molar-refractivity contribution in [2.45, 2.75) is 51.5 Å². The van der Waals surface area contributed by atoms with Gasteiger partial charge in [-0.15, -0.1) is 12.3 Å². The zero-order valence-electron chi connectivity index (χ0n) is 14.3. The molecule has 3 amide bonds. The van der Waals surface area contributed by atoms with Crippen molar-refractivity contribution < 1.29 is 29.1 Å². The van der Waals surface area contributed by atoms with Gasteiger partial charge in [0.2, 0.25) is 17.7 Å². The van der Waals surface area contributed by atoms with Crippen LogP contribution in [0, 0.1) is 12.3 Å². The maximum atomic E-state index is 11.5. The number of carboxylic acid groups (broad SMARTS) is 1. The lowest BCUT2D eigenvalue weighted by atomic mass is 10.1. The summed E-state index contributed by atoms with van der Waals surface area (Å²) in [6.07, 6.45) is 6.99. The number of hydrogen-bond acceptors (Lipinski definition) is 5. The van der Waals surface area contributed by atoms with Crippen molar-refractivity contribution in [3.63, 3.8) is 0 Å². The molecule has 25 heavy (non-hydrogen) atoms. The second-order valence-electron chi connectivity index (χ2n) is 5.18. The molecule has 1 atom stereocenters. The van der Waals surface area contributed by atoms with Gasteiger partial charge in [-0.3, -0.25) is 19.2 Å². The second kappa shape index (κ2) is 13.8. The second-order valence-corrected chi connectivity index (χ2v) is 5.18. The number of hydrogen-bond donors (Lipinski definition) is 4. The highest BCUT2D eigenvalue weighted by atomic mass is 16.7. The summed E-state index contributed by atoms with van der Waals surface area (Å²) in [6.45, 7) is 1.65. The lowest BCUT2D eigenvalue weighted by molar-refractivity contribution is -0.142. The van der Waals surface area contributed by atoms with Gasteiger partial charge in [-0.1, -0.05) is 6.92 Å². The number of carbonyl (C=O) groups excluding carboxylic acids is 3. The van der Waals surface area contributed by atoms with Crippen molar-refractivity contribution in [3.8, 4) is 12.3 Å². The maximum Gasteiger partial charge on any atom is 0.326 e. The normalized spacial score (nSPS) is 11.0. The molecule has 1 unspecified atom stereocenters. The zero-order chi connectivity index (χ0) is 19.1. The first-order valence-corrected chi connectivity index (χ1v) is 8.03. The van der Waals surface area contributed by atoms with E-state index >= 15 is 0 Å². The molecule has 0 fully saturated rings. The Labute approximate surface area is 146 Å². The van der Waals surface area contributed by atoms with E-state index in [1.807, 2.05) is 0 Å². The van der Waals surface area contributed by atoms with Crippen LogP contribution in [0.5, 0.6) is 0 Å². The lowest BCUT2D eigenvalue weighted by Gasteiger charge is -2.13. The molecule has 0 heterocycles. The summed E-state index contributed by atoms with van der Waals surface area (Å²) in [6, 6.07) is -0.926. The van der Waals surface area contributed by atoms with Crippen LogP contribution >= 0.6 is 0 Å². The molecule has 0 rings (SSSR count). The molecule has 0 aromatic heterocycles. The highest BCUT2D eigenvalue weighted by Gasteiger charge is 2.18. The van der Waals surface area contributed by atoms with Gasteiger partial charge in [-0.25, -0.2) is 10.3 Å². The number of terminal acetylenes is 1. The fourth-order valence-corrected chi connectivity index (χ4v) is 1.72. The Balaban J connectivity index is 3.77. The Bertz CT molecular complexity index is 501. The Kier molecular flexibility index (Phi) is 12.4. The summed E-state index contributed by atoms with van der Waals surface area (Å²) in [5.74, 6) is 0.0956. The molecular formula is C16H25N3O6. The van der Waals surface area contributed by atoms with Crippen molar-refractivity contribution in [1.29, 1.82) is 0 Å². The third-order valence-electron chi connectivity index (χ3n) is 3.08. The fourth-order valence-electron chi connectivity index (χ4n) is 1.72. The van der Waals surface area contributed by atoms with Gasteiger partial charge in [0.15, 0.2) is 6.61 Å². The molecule has 0 spiro atoms. The van der Waals surface area contributed by atoms with Crippen LogP contribution in [0.3, 0.4) is 0 Å². The molecule has 0 aromatic carbocycles. The summed E-state index contributed by atoms with van der Waals surface area (Å²) in [4.78, 5) is 49.6. The first-order valence-electron chi connectivity index (χ1n) is 8.03. The van der Waals surface area contributed by atoms with Gasteiger partial charge in [0.25, 0.3) is 0 Å². The quantitative estimate of drug-likeness (QED) is 0.204. The number of aliphatic carboxylic acids is 1. The number of nitrogens with one attached hydrogen (secondary N) is 3. The number of carbonyl (C=O) groups is 4. The van der Waals surface area contributed by atoms with Crippen LogP contribution in [0.25, 0.3) is 0 Å². The van der Waals surface area contributed by atoms with Gasteiger partial charge in [0.05, 0.1) is 0 Å². The minimum Gasteiger partial charge on any atom is -0.480 e. The fraction of sp³-hybridized carbons (Fsp3) is 0.625. The molecule has 0 aliphatic heterocycles. The highest BCUT2D eigenvalue weighted by molar-refractivity contribution is 5.83. The highest BCUT2D eigenvalue weighted by Crippen LogP contribution is 2.01. The number of hydroxylamine groups is 1. The standard InChI is InChI=1S/C16H25N3O6/c1-3-5-9-14(21)19-25-11-15(22)17-10-7-6-8-12(16(23)24)18-13(20)4-2/h1,12H,4-11H2,2H3,(H,17,22)(H,18,20)(H,19,21)(H,23,24). The molecular weight excluding hydrogens is 330 g/mol. The minimum atomic E-state index is -1.08. The van der Waals surface area contributed by atoms with Crippen molar-refractivity contribution >= 4 is 23.7 Å². The van der Waals surface area contributed by atoms with E-state index in [9.17, 15) is 19.2 Å². The Morgan fingerprint density at radius 3 is 2.48 bits per heavy atom. The lowest BCUT2D eigenvalue weighted by Crippen LogP contribution is -2.40. The van der Waals surface area contributed by atoms with Crippen molar-refractivity contribution in [2.75, 3.05) is 13.2 Å². The van der Waals surface area contributed by atoms with E-state index in [-0.39, 0.29) is 38.2 Å². The van der Waals surface area contributed by atoms with Crippen LogP contribution < -0.4 is 16.1 Å². The maximum absolute atomic E-state index is 11.5. The van der Waals surface area contributed by atoms with E-state index in [0.717, 1.165) is 0 Å². The number of unbranched alkanes of at least 4 members (excludes halogenated alkanes) is 1. The SMILES string of the molecule is C#CCCC(=O)NOCC(=O)NCCCCC(NC(=O)CC)C(=O)O. The van der Waals surface area contributed by atoms with Crippen molar-refractivity contribution in [1.82, 2.24) is 16.1 Å². The summed E-state index contributed by atoms with van der Waals surface area (Å²) >= 11 is 0. The van der Waals surface area contributed by atoms with Crippen molar-refractivity contribution in [2.24, 2.45) is 0 Å². The predicted molar refractivity (Wildman–Crippen MR) is 88.9 cm³/mol. The first-order chi connectivity index (χ1) is 11.9. The van der Waals surface area contributed by atoms with Crippen LogP contribution in [0.1, 0.15) is 45.4 Å². The number of carboxylic acids is 1. The molecule has 0 aliphatic rings. The molecule has 0 aromatic rings. The van der Waals surface area contributed by atoms with Crippen LogP contribution in [0.2, 0.25) is 0 Å². The Morgan fingerprint density at radius 1 is 1.16 bits per heavy atom. The Morgan fingerprint density at radius 2 is 1.88 bits per heavy atom. The average Bonchev–Trinajstić information content (AvgIpc) is 2.58. The van der Waals surface area contributed by atoms with Crippen molar-refractivity contribution in [3.05, 3.63) is 0 Å². The number of amides is 3. The molecule has 0 radical (unpaired) electrons. The summed E-state index contributed by atoms with van der Waals surface area (Å²) in [5.41, 5.74) is 2.10. The van der Waals surface area contributed by atoms with Crippen LogP contribution in [0.4, 0.5) is 0 Å². The average molecular weight is 355 g/mol. The van der Waals surface area contributed by atoms with Crippen LogP contribution in [0.15, 0.2) is 0 Å². The summed E-state index contributed by atoms with van der Waals surface area (Å²) in [7, 11) is 0. The van der Waals surface area contributed by atoms with Gasteiger partial charge in [-0.05, 0) is 19.3 Å². The van der Waals surface area contributed by atoms with Gasteiger partial charge < -0.3 is 15.7 Å². The summed E-state index contributed by atoms with van der Waals surface area (Å²) in [5, 5.41) is 14.0. The molecule has 0 saturated heterocycles. The van der Waals surface area contributed by atoms with E-state index in [2.05, 4.69) is 22.0 Å². The molecule has 140 valence electrons.